The molecule has 0 unspecified atom stereocenters. The van der Waals surface area contributed by atoms with Gasteiger partial charge in [0.25, 0.3) is 0 Å². The predicted molar refractivity (Wildman–Crippen MR) is 43.0 cm³/mol. The third kappa shape index (κ3) is 4.22. The highest BCUT2D eigenvalue weighted by Crippen LogP contribution is 2.02. The van der Waals surface area contributed by atoms with Gasteiger partial charge in [-0.05, 0) is 12.8 Å². The first-order chi connectivity index (χ1) is 4.20. The number of allylic oxidation sites excluding steroid dienone is 1. The quantitative estimate of drug-likeness (QED) is 0.542. The summed E-state index contributed by atoms with van der Waals surface area (Å²) in [5.41, 5.74) is 0.849. The zero-order chi connectivity index (χ0) is 7.28. The van der Waals surface area contributed by atoms with Gasteiger partial charge in [0.05, 0.1) is 0 Å². The molecule has 0 amide bonds. The van der Waals surface area contributed by atoms with Crippen molar-refractivity contribution in [3.8, 4) is 0 Å². The van der Waals surface area contributed by atoms with Crippen LogP contribution in [0.15, 0.2) is 17.3 Å². The fourth-order valence-electron chi connectivity index (χ4n) is 0.330. The molecule has 0 aromatic carbocycles. The average molecular weight is 146 g/mol. The molecule has 0 atom stereocenters. The molecule has 0 aliphatic heterocycles. The van der Waals surface area contributed by atoms with Crippen molar-refractivity contribution >= 4 is 16.8 Å². The van der Waals surface area contributed by atoms with Gasteiger partial charge < -0.3 is 0 Å². The highest BCUT2D eigenvalue weighted by molar-refractivity contribution is 6.65. The maximum absolute atomic E-state index is 5.63. The molecule has 0 fully saturated rings. The molecular formula is C7H12ClN. The molecule has 0 bridgehead atoms. The van der Waals surface area contributed by atoms with Crippen molar-refractivity contribution in [2.24, 2.45) is 4.99 Å². The molecule has 0 rings (SSSR count). The van der Waals surface area contributed by atoms with Crippen molar-refractivity contribution in [1.82, 2.24) is 0 Å². The topological polar surface area (TPSA) is 12.4 Å². The Labute approximate surface area is 61.4 Å². The number of aliphatic imine (C=N–C) groups is 1. The van der Waals surface area contributed by atoms with Crippen LogP contribution in [0.5, 0.6) is 0 Å². The minimum atomic E-state index is 0.641. The van der Waals surface area contributed by atoms with E-state index in [9.17, 15) is 0 Å². The highest BCUT2D eigenvalue weighted by Gasteiger charge is 1.88. The largest absolute Gasteiger partial charge is 0.246 e. The van der Waals surface area contributed by atoms with E-state index in [4.69, 9.17) is 11.6 Å². The van der Waals surface area contributed by atoms with Gasteiger partial charge in [-0.1, -0.05) is 32.0 Å². The van der Waals surface area contributed by atoms with Gasteiger partial charge >= 0.3 is 0 Å². The Bertz CT molecular complexity index is 127. The fourth-order valence-corrected chi connectivity index (χ4v) is 0.449. The molecule has 9 heavy (non-hydrogen) atoms. The van der Waals surface area contributed by atoms with E-state index in [-0.39, 0.29) is 0 Å². The van der Waals surface area contributed by atoms with Crippen LogP contribution in [0.3, 0.4) is 0 Å². The van der Waals surface area contributed by atoms with Crippen molar-refractivity contribution in [3.63, 3.8) is 0 Å². The highest BCUT2D eigenvalue weighted by atomic mass is 35.5. The molecule has 0 N–H and O–H groups in total. The average Bonchev–Trinajstić information content (AvgIpc) is 1.87. The van der Waals surface area contributed by atoms with Crippen molar-refractivity contribution < 1.29 is 0 Å². The number of hydrogen-bond acceptors (Lipinski definition) is 1. The maximum Gasteiger partial charge on any atom is 0.106 e. The molecule has 0 saturated carbocycles. The Hall–Kier alpha value is -0.300. The van der Waals surface area contributed by atoms with Gasteiger partial charge in [0.15, 0.2) is 0 Å². The predicted octanol–water partition coefficient (Wildman–Crippen LogP) is 2.96. The van der Waals surface area contributed by atoms with Crippen LogP contribution in [0.4, 0.5) is 0 Å². The molecule has 52 valence electrons. The van der Waals surface area contributed by atoms with Crippen molar-refractivity contribution in [3.05, 3.63) is 12.3 Å². The fraction of sp³-hybridized carbons (Fsp3) is 0.571. The second-order valence-electron chi connectivity index (χ2n) is 1.76. The number of rotatable bonds is 3. The monoisotopic (exact) mass is 145 g/mol. The number of halogens is 1. The SMILES string of the molecule is C=C(CC)/N=C(/Cl)CC. The minimum absolute atomic E-state index is 0.641. The summed E-state index contributed by atoms with van der Waals surface area (Å²) < 4.78 is 0. The van der Waals surface area contributed by atoms with Crippen LogP contribution in [-0.4, -0.2) is 5.17 Å². The van der Waals surface area contributed by atoms with E-state index in [1.165, 1.54) is 0 Å². The van der Waals surface area contributed by atoms with Gasteiger partial charge in [-0.3, -0.25) is 0 Å². The molecule has 2 heteroatoms. The van der Waals surface area contributed by atoms with E-state index in [2.05, 4.69) is 11.6 Å². The molecule has 0 aliphatic rings. The summed E-state index contributed by atoms with van der Waals surface area (Å²) in [6, 6.07) is 0. The van der Waals surface area contributed by atoms with Gasteiger partial charge in [0, 0.05) is 5.70 Å². The third-order valence-electron chi connectivity index (χ3n) is 0.979. The molecule has 0 aromatic rings. The lowest BCUT2D eigenvalue weighted by Gasteiger charge is -1.93. The van der Waals surface area contributed by atoms with Gasteiger partial charge in [0.1, 0.15) is 5.17 Å². The lowest BCUT2D eigenvalue weighted by atomic mass is 10.4. The molecule has 0 spiro atoms. The van der Waals surface area contributed by atoms with Gasteiger partial charge in [-0.25, -0.2) is 4.99 Å². The molecular weight excluding hydrogens is 134 g/mol. The molecule has 0 saturated heterocycles. The van der Waals surface area contributed by atoms with Crippen LogP contribution in [0.25, 0.3) is 0 Å². The smallest absolute Gasteiger partial charge is 0.106 e. The van der Waals surface area contributed by atoms with Crippen LogP contribution in [-0.2, 0) is 0 Å². The lowest BCUT2D eigenvalue weighted by molar-refractivity contribution is 1.07. The molecule has 0 radical (unpaired) electrons. The molecule has 1 nitrogen and oxygen atoms in total. The van der Waals surface area contributed by atoms with E-state index in [1.807, 2.05) is 13.8 Å². The first-order valence-electron chi connectivity index (χ1n) is 3.11. The van der Waals surface area contributed by atoms with Crippen LogP contribution >= 0.6 is 11.6 Å². The van der Waals surface area contributed by atoms with E-state index < -0.39 is 0 Å². The molecule has 0 aromatic heterocycles. The summed E-state index contributed by atoms with van der Waals surface area (Å²) in [4.78, 5) is 4.00. The summed E-state index contributed by atoms with van der Waals surface area (Å²) >= 11 is 5.63. The molecule has 0 heterocycles. The Morgan fingerprint density at radius 2 is 2.00 bits per heavy atom. The number of hydrogen-bond donors (Lipinski definition) is 0. The van der Waals surface area contributed by atoms with Crippen molar-refractivity contribution in [2.45, 2.75) is 26.7 Å². The Morgan fingerprint density at radius 1 is 1.44 bits per heavy atom. The lowest BCUT2D eigenvalue weighted by Crippen LogP contribution is -1.83. The Kier molecular flexibility index (Phi) is 4.41. The Morgan fingerprint density at radius 3 is 2.33 bits per heavy atom. The van der Waals surface area contributed by atoms with Gasteiger partial charge in [-0.2, -0.15) is 0 Å². The second kappa shape index (κ2) is 4.57. The first-order valence-corrected chi connectivity index (χ1v) is 3.49. The van der Waals surface area contributed by atoms with Crippen molar-refractivity contribution in [2.75, 3.05) is 0 Å². The minimum Gasteiger partial charge on any atom is -0.246 e. The summed E-state index contributed by atoms with van der Waals surface area (Å²) in [6.07, 6.45) is 1.66. The summed E-state index contributed by atoms with van der Waals surface area (Å²) in [5.74, 6) is 0. The first kappa shape index (κ1) is 8.70. The van der Waals surface area contributed by atoms with Crippen LogP contribution in [0, 0.1) is 0 Å². The summed E-state index contributed by atoms with van der Waals surface area (Å²) in [6.45, 7) is 7.66. The summed E-state index contributed by atoms with van der Waals surface area (Å²) in [5, 5.41) is 0.641. The van der Waals surface area contributed by atoms with E-state index in [1.54, 1.807) is 0 Å². The zero-order valence-corrected chi connectivity index (χ0v) is 6.70. The normalized spacial score (nSPS) is 11.7. The second-order valence-corrected chi connectivity index (χ2v) is 2.20. The summed E-state index contributed by atoms with van der Waals surface area (Å²) in [7, 11) is 0. The third-order valence-corrected chi connectivity index (χ3v) is 1.33. The number of nitrogens with zero attached hydrogens (tertiary/aromatic N) is 1. The van der Waals surface area contributed by atoms with Crippen LogP contribution < -0.4 is 0 Å². The maximum atomic E-state index is 5.63. The van der Waals surface area contributed by atoms with Crippen LogP contribution in [0.2, 0.25) is 0 Å². The van der Waals surface area contributed by atoms with Crippen LogP contribution in [0.1, 0.15) is 26.7 Å². The standard InChI is InChI=1S/C7H12ClN/c1-4-6(3)9-7(8)5-2/h3-5H2,1-2H3/b9-7+. The van der Waals surface area contributed by atoms with E-state index in [0.29, 0.717) is 5.17 Å². The van der Waals surface area contributed by atoms with Crippen molar-refractivity contribution in [1.29, 1.82) is 0 Å². The van der Waals surface area contributed by atoms with Gasteiger partial charge in [0.2, 0.25) is 0 Å². The molecule has 0 aliphatic carbocycles. The zero-order valence-electron chi connectivity index (χ0n) is 5.95. The Balaban J connectivity index is 3.79. The van der Waals surface area contributed by atoms with Gasteiger partial charge in [-0.15, -0.1) is 0 Å². The van der Waals surface area contributed by atoms with E-state index >= 15 is 0 Å². The van der Waals surface area contributed by atoms with E-state index in [0.717, 1.165) is 18.5 Å².